The topological polar surface area (TPSA) is 125 Å². The Morgan fingerprint density at radius 1 is 1.06 bits per heavy atom. The Morgan fingerprint density at radius 3 is 2.39 bits per heavy atom. The fourth-order valence-electron chi connectivity index (χ4n) is 3.28. The number of hydrogen-bond donors (Lipinski definition) is 2. The minimum Gasteiger partial charge on any atom is -0.465 e. The summed E-state index contributed by atoms with van der Waals surface area (Å²) in [5.41, 5.74) is 1.07. The molecule has 2 aromatic rings. The molecule has 3 amide bonds. The molecule has 1 aliphatic rings. The molecule has 0 unspecified atom stereocenters. The van der Waals surface area contributed by atoms with Crippen molar-refractivity contribution in [3.63, 3.8) is 0 Å². The van der Waals surface area contributed by atoms with Crippen LogP contribution in [0.4, 0.5) is 10.5 Å². The molecular formula is C21H26N4O6S2. The quantitative estimate of drug-likeness (QED) is 0.593. The monoisotopic (exact) mass is 494 g/mol. The van der Waals surface area contributed by atoms with E-state index in [1.54, 1.807) is 29.2 Å². The van der Waals surface area contributed by atoms with Crippen molar-refractivity contribution in [2.75, 3.05) is 38.6 Å². The highest BCUT2D eigenvalue weighted by Crippen LogP contribution is 2.25. The molecule has 0 atom stereocenters. The van der Waals surface area contributed by atoms with Crippen LogP contribution in [-0.4, -0.2) is 74.9 Å². The minimum atomic E-state index is -3.78. The van der Waals surface area contributed by atoms with E-state index in [4.69, 9.17) is 0 Å². The van der Waals surface area contributed by atoms with E-state index in [-0.39, 0.29) is 53.9 Å². The molecule has 1 aromatic heterocycles. The number of nitrogens with one attached hydrogen (secondary N) is 2. The first kappa shape index (κ1) is 24.7. The first-order chi connectivity index (χ1) is 15.6. The SMILES string of the molecule is COC(=O)c1csc(S(=O)(=O)N2CCN(C(=O)c3cccc(NC(=O)NC(C)C)c3)CC2)c1. The third-order valence-corrected chi connectivity index (χ3v) is 8.22. The predicted molar refractivity (Wildman–Crippen MR) is 124 cm³/mol. The molecule has 2 N–H and O–H groups in total. The summed E-state index contributed by atoms with van der Waals surface area (Å²) in [6.07, 6.45) is 0. The lowest BCUT2D eigenvalue weighted by atomic mass is 10.1. The number of sulfonamides is 1. The zero-order valence-electron chi connectivity index (χ0n) is 18.5. The van der Waals surface area contributed by atoms with E-state index in [1.165, 1.54) is 22.9 Å². The number of methoxy groups -OCH3 is 1. The Hall–Kier alpha value is -2.96. The minimum absolute atomic E-state index is 0.0244. The number of esters is 1. The number of rotatable bonds is 6. The van der Waals surface area contributed by atoms with E-state index in [9.17, 15) is 22.8 Å². The van der Waals surface area contributed by atoms with Gasteiger partial charge in [-0.05, 0) is 38.1 Å². The number of carbonyl (C=O) groups is 3. The highest BCUT2D eigenvalue weighted by Gasteiger charge is 2.32. The van der Waals surface area contributed by atoms with Crippen LogP contribution in [0.2, 0.25) is 0 Å². The van der Waals surface area contributed by atoms with Gasteiger partial charge in [-0.3, -0.25) is 4.79 Å². The van der Waals surface area contributed by atoms with Crippen molar-refractivity contribution in [2.24, 2.45) is 0 Å². The van der Waals surface area contributed by atoms with Crippen molar-refractivity contribution in [3.8, 4) is 0 Å². The number of hydrogen-bond acceptors (Lipinski definition) is 7. The lowest BCUT2D eigenvalue weighted by molar-refractivity contribution is 0.0600. The van der Waals surface area contributed by atoms with Crippen molar-refractivity contribution in [3.05, 3.63) is 46.8 Å². The molecule has 1 aliphatic heterocycles. The van der Waals surface area contributed by atoms with Crippen LogP contribution in [0.1, 0.15) is 34.6 Å². The molecular weight excluding hydrogens is 468 g/mol. The van der Waals surface area contributed by atoms with E-state index in [0.717, 1.165) is 11.3 Å². The molecule has 33 heavy (non-hydrogen) atoms. The maximum atomic E-state index is 12.9. The van der Waals surface area contributed by atoms with Crippen LogP contribution in [0, 0.1) is 0 Å². The lowest BCUT2D eigenvalue weighted by Gasteiger charge is -2.33. The van der Waals surface area contributed by atoms with E-state index in [2.05, 4.69) is 15.4 Å². The van der Waals surface area contributed by atoms with Crippen molar-refractivity contribution in [2.45, 2.75) is 24.1 Å². The number of amides is 3. The van der Waals surface area contributed by atoms with Gasteiger partial charge in [-0.25, -0.2) is 18.0 Å². The lowest BCUT2D eigenvalue weighted by Crippen LogP contribution is -2.50. The van der Waals surface area contributed by atoms with Gasteiger partial charge in [-0.1, -0.05) is 6.07 Å². The normalized spacial score (nSPS) is 14.7. The molecule has 0 radical (unpaired) electrons. The summed E-state index contributed by atoms with van der Waals surface area (Å²) >= 11 is 0.957. The third-order valence-electron chi connectivity index (χ3n) is 4.90. The zero-order valence-corrected chi connectivity index (χ0v) is 20.2. The summed E-state index contributed by atoms with van der Waals surface area (Å²) in [6, 6.07) is 7.51. The van der Waals surface area contributed by atoms with Gasteiger partial charge in [0.15, 0.2) is 0 Å². The molecule has 178 valence electrons. The Bertz CT molecular complexity index is 1140. The fraction of sp³-hybridized carbons (Fsp3) is 0.381. The van der Waals surface area contributed by atoms with E-state index >= 15 is 0 Å². The van der Waals surface area contributed by atoms with Gasteiger partial charge in [0.1, 0.15) is 4.21 Å². The number of anilines is 1. The van der Waals surface area contributed by atoms with E-state index in [0.29, 0.717) is 11.3 Å². The zero-order chi connectivity index (χ0) is 24.2. The summed E-state index contributed by atoms with van der Waals surface area (Å²) in [5.74, 6) is -0.842. The molecule has 1 aromatic carbocycles. The Kier molecular flexibility index (Phi) is 7.72. The van der Waals surface area contributed by atoms with Crippen molar-refractivity contribution in [1.82, 2.24) is 14.5 Å². The standard InChI is InChI=1S/C21H26N4O6S2/c1-14(2)22-21(28)23-17-6-4-5-15(11-17)19(26)24-7-9-25(10-8-24)33(29,30)18-12-16(13-32-18)20(27)31-3/h4-6,11-14H,7-10H2,1-3H3,(H2,22,23,28). The van der Waals surface area contributed by atoms with Crippen LogP contribution in [0.5, 0.6) is 0 Å². The van der Waals surface area contributed by atoms with Gasteiger partial charge in [-0.15, -0.1) is 11.3 Å². The number of piperazine rings is 1. The van der Waals surface area contributed by atoms with Gasteiger partial charge < -0.3 is 20.3 Å². The van der Waals surface area contributed by atoms with Crippen LogP contribution < -0.4 is 10.6 Å². The van der Waals surface area contributed by atoms with E-state index in [1.807, 2.05) is 13.8 Å². The van der Waals surface area contributed by atoms with Crippen LogP contribution in [0.3, 0.4) is 0 Å². The van der Waals surface area contributed by atoms with Gasteiger partial charge >= 0.3 is 12.0 Å². The van der Waals surface area contributed by atoms with Crippen LogP contribution in [0.25, 0.3) is 0 Å². The highest BCUT2D eigenvalue weighted by atomic mass is 32.2. The molecule has 0 saturated carbocycles. The molecule has 10 nitrogen and oxygen atoms in total. The molecule has 0 bridgehead atoms. The van der Waals surface area contributed by atoms with Crippen molar-refractivity contribution >= 4 is 45.0 Å². The molecule has 1 saturated heterocycles. The highest BCUT2D eigenvalue weighted by molar-refractivity contribution is 7.91. The summed E-state index contributed by atoms with van der Waals surface area (Å²) in [4.78, 5) is 38.0. The number of ether oxygens (including phenoxy) is 1. The van der Waals surface area contributed by atoms with E-state index < -0.39 is 16.0 Å². The fourth-order valence-corrected chi connectivity index (χ4v) is 6.00. The Morgan fingerprint density at radius 2 is 1.76 bits per heavy atom. The second kappa shape index (κ2) is 10.3. The second-order valence-electron chi connectivity index (χ2n) is 7.68. The van der Waals surface area contributed by atoms with Gasteiger partial charge in [0, 0.05) is 48.9 Å². The maximum Gasteiger partial charge on any atom is 0.338 e. The summed E-state index contributed by atoms with van der Waals surface area (Å²) < 4.78 is 31.8. The second-order valence-corrected chi connectivity index (χ2v) is 10.8. The number of carbonyl (C=O) groups excluding carboxylic acids is 3. The first-order valence-corrected chi connectivity index (χ1v) is 12.6. The Balaban J connectivity index is 1.63. The average Bonchev–Trinajstić information content (AvgIpc) is 3.29. The van der Waals surface area contributed by atoms with Gasteiger partial charge in [-0.2, -0.15) is 4.31 Å². The van der Waals surface area contributed by atoms with Crippen LogP contribution in [0.15, 0.2) is 39.9 Å². The molecule has 0 aliphatic carbocycles. The largest absolute Gasteiger partial charge is 0.465 e. The summed E-state index contributed by atoms with van der Waals surface area (Å²) in [5, 5.41) is 6.85. The predicted octanol–water partition coefficient (Wildman–Crippen LogP) is 2.21. The van der Waals surface area contributed by atoms with Gasteiger partial charge in [0.2, 0.25) is 0 Å². The molecule has 12 heteroatoms. The summed E-state index contributed by atoms with van der Waals surface area (Å²) in [7, 11) is -2.54. The molecule has 0 spiro atoms. The Labute approximate surface area is 196 Å². The average molecular weight is 495 g/mol. The van der Waals surface area contributed by atoms with Crippen molar-refractivity contribution < 1.29 is 27.5 Å². The summed E-state index contributed by atoms with van der Waals surface area (Å²) in [6.45, 7) is 4.39. The van der Waals surface area contributed by atoms with Crippen LogP contribution in [-0.2, 0) is 14.8 Å². The number of nitrogens with zero attached hydrogens (tertiary/aromatic N) is 2. The smallest absolute Gasteiger partial charge is 0.338 e. The number of urea groups is 1. The maximum absolute atomic E-state index is 12.9. The first-order valence-electron chi connectivity index (χ1n) is 10.3. The number of benzene rings is 1. The van der Waals surface area contributed by atoms with Gasteiger partial charge in [0.25, 0.3) is 15.9 Å². The molecule has 3 rings (SSSR count). The molecule has 1 fully saturated rings. The molecule has 2 heterocycles. The third kappa shape index (κ3) is 5.89. The van der Waals surface area contributed by atoms with Crippen molar-refractivity contribution in [1.29, 1.82) is 0 Å². The van der Waals surface area contributed by atoms with Crippen LogP contribution >= 0.6 is 11.3 Å². The van der Waals surface area contributed by atoms with Gasteiger partial charge in [0.05, 0.1) is 12.7 Å². The number of thiophene rings is 1.